The highest BCUT2D eigenvalue weighted by Gasteiger charge is 2.19. The molecule has 3 heteroatoms. The average Bonchev–Trinajstić information content (AvgIpc) is 2.77. The highest BCUT2D eigenvalue weighted by atomic mass is 127. The van der Waals surface area contributed by atoms with Crippen molar-refractivity contribution in [2.24, 2.45) is 0 Å². The molecule has 2 nitrogen and oxygen atoms in total. The molecular weight excluding hydrogens is 481 g/mol. The lowest BCUT2D eigenvalue weighted by Gasteiger charge is -2.35. The molecule has 0 atom stereocenters. The number of carbonyl (C=O) groups is 1. The van der Waals surface area contributed by atoms with Gasteiger partial charge >= 0.3 is 0 Å². The van der Waals surface area contributed by atoms with Gasteiger partial charge in [0.1, 0.15) is 0 Å². The average molecular weight is 517 g/mol. The molecule has 0 aromatic heterocycles. The SMILES string of the molecule is CC[N+](CC)(CC)CCCCCCC(=O)c1c2ccccc2cc2ccccc12.[I-]. The first kappa shape index (κ1) is 24.8. The van der Waals surface area contributed by atoms with E-state index in [-0.39, 0.29) is 24.0 Å². The molecule has 30 heavy (non-hydrogen) atoms. The van der Waals surface area contributed by atoms with Crippen molar-refractivity contribution in [1.29, 1.82) is 0 Å². The van der Waals surface area contributed by atoms with Crippen LogP contribution < -0.4 is 24.0 Å². The van der Waals surface area contributed by atoms with E-state index in [1.807, 2.05) is 24.3 Å². The summed E-state index contributed by atoms with van der Waals surface area (Å²) in [6.45, 7) is 11.9. The summed E-state index contributed by atoms with van der Waals surface area (Å²) in [4.78, 5) is 13.2. The third kappa shape index (κ3) is 5.61. The second-order valence-corrected chi connectivity index (χ2v) is 8.30. The van der Waals surface area contributed by atoms with Gasteiger partial charge in [0.05, 0.1) is 26.2 Å². The quantitative estimate of drug-likeness (QED) is 0.124. The normalized spacial score (nSPS) is 11.6. The summed E-state index contributed by atoms with van der Waals surface area (Å²) in [5.74, 6) is 0.291. The molecule has 162 valence electrons. The summed E-state index contributed by atoms with van der Waals surface area (Å²) >= 11 is 0. The van der Waals surface area contributed by atoms with Crippen molar-refractivity contribution in [2.75, 3.05) is 26.2 Å². The summed E-state index contributed by atoms with van der Waals surface area (Å²) in [6, 6.07) is 18.8. The zero-order valence-electron chi connectivity index (χ0n) is 18.8. The lowest BCUT2D eigenvalue weighted by atomic mass is 9.92. The van der Waals surface area contributed by atoms with Crippen LogP contribution in [-0.2, 0) is 0 Å². The van der Waals surface area contributed by atoms with Crippen molar-refractivity contribution < 1.29 is 33.3 Å². The smallest absolute Gasteiger partial charge is 0.164 e. The largest absolute Gasteiger partial charge is 1.00 e. The van der Waals surface area contributed by atoms with Gasteiger partial charge in [0, 0.05) is 12.0 Å². The molecule has 0 unspecified atom stereocenters. The maximum absolute atomic E-state index is 13.2. The number of quaternary nitrogens is 1. The monoisotopic (exact) mass is 517 g/mol. The van der Waals surface area contributed by atoms with Crippen LogP contribution in [0, 0.1) is 0 Å². The number of carbonyl (C=O) groups excluding carboxylic acids is 1. The van der Waals surface area contributed by atoms with Crippen LogP contribution in [0.15, 0.2) is 54.6 Å². The van der Waals surface area contributed by atoms with Gasteiger partial charge in [0.15, 0.2) is 5.78 Å². The third-order valence-electron chi connectivity index (χ3n) is 6.85. The molecule has 0 bridgehead atoms. The molecule has 0 spiro atoms. The number of nitrogens with zero attached hydrogens (tertiary/aromatic N) is 1. The Morgan fingerprint density at radius 3 is 1.77 bits per heavy atom. The molecule has 3 aromatic carbocycles. The minimum atomic E-state index is 0. The summed E-state index contributed by atoms with van der Waals surface area (Å²) in [7, 11) is 0. The maximum Gasteiger partial charge on any atom is 0.164 e. The number of hydrogen-bond acceptors (Lipinski definition) is 1. The summed E-state index contributed by atoms with van der Waals surface area (Å²) < 4.78 is 1.22. The van der Waals surface area contributed by atoms with Crippen LogP contribution in [0.2, 0.25) is 0 Å². The molecule has 0 heterocycles. The fourth-order valence-corrected chi connectivity index (χ4v) is 4.67. The number of Topliss-reactive ketones (excluding diaryl/α,β-unsaturated/α-hetero) is 1. The second kappa shape index (κ2) is 11.8. The maximum atomic E-state index is 13.2. The molecular formula is C27H36INO. The van der Waals surface area contributed by atoms with Crippen LogP contribution >= 0.6 is 0 Å². The lowest BCUT2D eigenvalue weighted by Crippen LogP contribution is -3.00. The topological polar surface area (TPSA) is 17.1 Å². The fraction of sp³-hybridized carbons (Fsp3) is 0.444. The highest BCUT2D eigenvalue weighted by Crippen LogP contribution is 2.30. The fourth-order valence-electron chi connectivity index (χ4n) is 4.67. The molecule has 0 aliphatic rings. The van der Waals surface area contributed by atoms with Gasteiger partial charge < -0.3 is 28.5 Å². The van der Waals surface area contributed by atoms with Gasteiger partial charge in [-0.25, -0.2) is 0 Å². The van der Waals surface area contributed by atoms with E-state index in [4.69, 9.17) is 0 Å². The predicted molar refractivity (Wildman–Crippen MR) is 126 cm³/mol. The van der Waals surface area contributed by atoms with Crippen LogP contribution in [0.4, 0.5) is 0 Å². The zero-order valence-corrected chi connectivity index (χ0v) is 21.0. The molecule has 0 saturated heterocycles. The van der Waals surface area contributed by atoms with E-state index < -0.39 is 0 Å². The van der Waals surface area contributed by atoms with Crippen LogP contribution in [0.1, 0.15) is 63.2 Å². The molecule has 3 rings (SSSR count). The van der Waals surface area contributed by atoms with Crippen molar-refractivity contribution in [3.05, 3.63) is 60.2 Å². The summed E-state index contributed by atoms with van der Waals surface area (Å²) in [5.41, 5.74) is 0.914. The third-order valence-corrected chi connectivity index (χ3v) is 6.85. The van der Waals surface area contributed by atoms with E-state index in [0.29, 0.717) is 12.2 Å². The molecule has 3 aromatic rings. The van der Waals surface area contributed by atoms with Crippen LogP contribution in [0.25, 0.3) is 21.5 Å². The number of halogens is 1. The van der Waals surface area contributed by atoms with E-state index >= 15 is 0 Å². The summed E-state index contributed by atoms with van der Waals surface area (Å²) in [5, 5.41) is 4.49. The molecule has 0 aliphatic carbocycles. The van der Waals surface area contributed by atoms with Crippen LogP contribution in [-0.4, -0.2) is 36.4 Å². The van der Waals surface area contributed by atoms with E-state index in [1.54, 1.807) is 0 Å². The molecule has 0 saturated carbocycles. The second-order valence-electron chi connectivity index (χ2n) is 8.30. The van der Waals surface area contributed by atoms with Gasteiger partial charge in [-0.3, -0.25) is 4.79 Å². The molecule has 0 fully saturated rings. The van der Waals surface area contributed by atoms with Gasteiger partial charge in [-0.1, -0.05) is 55.0 Å². The van der Waals surface area contributed by atoms with E-state index in [0.717, 1.165) is 39.9 Å². The van der Waals surface area contributed by atoms with Crippen molar-refractivity contribution in [1.82, 2.24) is 0 Å². The van der Waals surface area contributed by atoms with Gasteiger partial charge in [-0.15, -0.1) is 0 Å². The zero-order chi connectivity index (χ0) is 20.7. The van der Waals surface area contributed by atoms with Crippen molar-refractivity contribution in [2.45, 2.75) is 52.9 Å². The van der Waals surface area contributed by atoms with Gasteiger partial charge in [-0.2, -0.15) is 0 Å². The first-order valence-corrected chi connectivity index (χ1v) is 11.4. The number of hydrogen-bond donors (Lipinski definition) is 0. The van der Waals surface area contributed by atoms with Crippen molar-refractivity contribution in [3.8, 4) is 0 Å². The predicted octanol–water partition coefficient (Wildman–Crippen LogP) is 4.01. The van der Waals surface area contributed by atoms with Crippen molar-refractivity contribution >= 4 is 27.3 Å². The van der Waals surface area contributed by atoms with Crippen LogP contribution in [0.3, 0.4) is 0 Å². The Kier molecular flexibility index (Phi) is 9.76. The van der Waals surface area contributed by atoms with Gasteiger partial charge in [0.25, 0.3) is 0 Å². The van der Waals surface area contributed by atoms with Gasteiger partial charge in [0.2, 0.25) is 0 Å². The number of ketones is 1. The lowest BCUT2D eigenvalue weighted by molar-refractivity contribution is -0.923. The highest BCUT2D eigenvalue weighted by molar-refractivity contribution is 6.18. The number of rotatable bonds is 11. The Bertz CT molecular complexity index is 899. The Hall–Kier alpha value is -1.46. The van der Waals surface area contributed by atoms with Crippen LogP contribution in [0.5, 0.6) is 0 Å². The van der Waals surface area contributed by atoms with E-state index in [2.05, 4.69) is 51.1 Å². The number of unbranched alkanes of at least 4 members (excludes halogenated alkanes) is 3. The Morgan fingerprint density at radius 2 is 1.23 bits per heavy atom. The minimum absolute atomic E-state index is 0. The minimum Gasteiger partial charge on any atom is -1.00 e. The number of benzene rings is 3. The first-order valence-electron chi connectivity index (χ1n) is 11.4. The van der Waals surface area contributed by atoms with Gasteiger partial charge in [-0.05, 0) is 67.6 Å². The van der Waals surface area contributed by atoms with Crippen molar-refractivity contribution in [3.63, 3.8) is 0 Å². The standard InChI is InChI=1S/C27H36NO.HI/c1-4-28(5-2,6-3)20-14-8-7-9-19-26(29)27-24-17-12-10-15-22(24)21-23-16-11-13-18-25(23)27;/h10-13,15-18,21H,4-9,14,19-20H2,1-3H3;1H/q+1;/p-1. The number of fused-ring (bicyclic) bond motifs is 2. The van der Waals surface area contributed by atoms with E-state index in [9.17, 15) is 4.79 Å². The Morgan fingerprint density at radius 1 is 0.733 bits per heavy atom. The molecule has 0 amide bonds. The summed E-state index contributed by atoms with van der Waals surface area (Å²) in [6.07, 6.45) is 5.27. The molecule has 0 radical (unpaired) electrons. The molecule has 0 aliphatic heterocycles. The Balaban J connectivity index is 0.00000320. The Labute approximate surface area is 199 Å². The first-order chi connectivity index (χ1) is 14.1. The van der Waals surface area contributed by atoms with E-state index in [1.165, 1.54) is 43.5 Å². The molecule has 0 N–H and O–H groups in total.